The van der Waals surface area contributed by atoms with Gasteiger partial charge in [0, 0.05) is 23.5 Å². The molecule has 2 aromatic heterocycles. The summed E-state index contributed by atoms with van der Waals surface area (Å²) in [5.41, 5.74) is 11.1. The van der Waals surface area contributed by atoms with E-state index in [4.69, 9.17) is 5.73 Å². The van der Waals surface area contributed by atoms with Crippen LogP contribution < -0.4 is 11.1 Å². The Labute approximate surface area is 180 Å². The van der Waals surface area contributed by atoms with Crippen molar-refractivity contribution in [2.75, 3.05) is 12.3 Å². The molecule has 0 fully saturated rings. The molecule has 4 rings (SSSR count). The largest absolute Gasteiger partial charge is 0.384 e. The molecule has 0 aliphatic carbocycles. The number of hydrogen-bond acceptors (Lipinski definition) is 3. The topological polar surface area (TPSA) is 72.9 Å². The third kappa shape index (κ3) is 4.48. The Kier molecular flexibility index (Phi) is 5.80. The molecule has 0 aliphatic heterocycles. The Morgan fingerprint density at radius 3 is 2.13 bits per heavy atom. The van der Waals surface area contributed by atoms with Gasteiger partial charge in [0.2, 0.25) is 0 Å². The summed E-state index contributed by atoms with van der Waals surface area (Å²) in [6.45, 7) is 2.97. The van der Waals surface area contributed by atoms with E-state index >= 15 is 0 Å². The third-order valence-electron chi connectivity index (χ3n) is 5.05. The minimum Gasteiger partial charge on any atom is -0.384 e. The van der Waals surface area contributed by atoms with E-state index in [0.717, 1.165) is 28.2 Å². The standard InChI is InChI=1S/C25H23FN4O/c1-2-28-25(31)19-8-6-17(7-9-19)22-14-15-23(18-10-12-20(26)13-11-18)30(22)16-21-4-3-5-24(27)29-21/h3-15H,2,16H2,1H3,(H2,27,29)(H,28,31). The lowest BCUT2D eigenvalue weighted by molar-refractivity contribution is 0.0956. The van der Waals surface area contributed by atoms with Gasteiger partial charge in [0.15, 0.2) is 0 Å². The average Bonchev–Trinajstić information content (AvgIpc) is 3.18. The number of anilines is 1. The Morgan fingerprint density at radius 2 is 1.55 bits per heavy atom. The lowest BCUT2D eigenvalue weighted by atomic mass is 10.1. The zero-order chi connectivity index (χ0) is 21.8. The van der Waals surface area contributed by atoms with Gasteiger partial charge in [-0.15, -0.1) is 0 Å². The predicted molar refractivity (Wildman–Crippen MR) is 121 cm³/mol. The first-order chi connectivity index (χ1) is 15.0. The molecular formula is C25H23FN4O. The van der Waals surface area contributed by atoms with Crippen LogP contribution in [0.3, 0.4) is 0 Å². The van der Waals surface area contributed by atoms with Crippen LogP contribution in [0.2, 0.25) is 0 Å². The van der Waals surface area contributed by atoms with Gasteiger partial charge < -0.3 is 15.6 Å². The molecule has 0 bridgehead atoms. The lowest BCUT2D eigenvalue weighted by Crippen LogP contribution is -2.22. The molecule has 0 atom stereocenters. The van der Waals surface area contributed by atoms with Gasteiger partial charge in [-0.25, -0.2) is 9.37 Å². The normalized spacial score (nSPS) is 10.8. The van der Waals surface area contributed by atoms with Crippen molar-refractivity contribution in [3.8, 4) is 22.5 Å². The van der Waals surface area contributed by atoms with Crippen LogP contribution in [-0.4, -0.2) is 22.0 Å². The number of amides is 1. The summed E-state index contributed by atoms with van der Waals surface area (Å²) >= 11 is 0. The quantitative estimate of drug-likeness (QED) is 0.479. The fraction of sp³-hybridized carbons (Fsp3) is 0.120. The Bertz CT molecular complexity index is 1200. The van der Waals surface area contributed by atoms with E-state index in [1.165, 1.54) is 12.1 Å². The number of aromatic nitrogens is 2. The first kappa shape index (κ1) is 20.3. The van der Waals surface area contributed by atoms with Gasteiger partial charge in [0.25, 0.3) is 5.91 Å². The number of carbonyl (C=O) groups excluding carboxylic acids is 1. The zero-order valence-corrected chi connectivity index (χ0v) is 17.2. The maximum Gasteiger partial charge on any atom is 0.251 e. The zero-order valence-electron chi connectivity index (χ0n) is 17.2. The molecule has 31 heavy (non-hydrogen) atoms. The molecule has 0 aliphatic rings. The van der Waals surface area contributed by atoms with Gasteiger partial charge >= 0.3 is 0 Å². The van der Waals surface area contributed by atoms with Crippen LogP contribution in [0.1, 0.15) is 23.0 Å². The number of pyridine rings is 1. The minimum absolute atomic E-state index is 0.0969. The fourth-order valence-electron chi connectivity index (χ4n) is 3.57. The van der Waals surface area contributed by atoms with Crippen LogP contribution in [0, 0.1) is 5.82 Å². The van der Waals surface area contributed by atoms with Gasteiger partial charge in [-0.3, -0.25) is 4.79 Å². The van der Waals surface area contributed by atoms with Gasteiger partial charge in [0.1, 0.15) is 11.6 Å². The van der Waals surface area contributed by atoms with Crippen molar-refractivity contribution < 1.29 is 9.18 Å². The molecule has 2 aromatic carbocycles. The number of nitrogen functional groups attached to an aromatic ring is 1. The highest BCUT2D eigenvalue weighted by Crippen LogP contribution is 2.30. The van der Waals surface area contributed by atoms with Crippen molar-refractivity contribution in [2.45, 2.75) is 13.5 Å². The molecule has 2 heterocycles. The maximum atomic E-state index is 13.5. The number of nitrogens with one attached hydrogen (secondary N) is 1. The van der Waals surface area contributed by atoms with Crippen molar-refractivity contribution in [2.24, 2.45) is 0 Å². The number of benzene rings is 2. The van der Waals surface area contributed by atoms with E-state index in [2.05, 4.69) is 14.9 Å². The summed E-state index contributed by atoms with van der Waals surface area (Å²) < 4.78 is 15.6. The van der Waals surface area contributed by atoms with Gasteiger partial charge in [-0.2, -0.15) is 0 Å². The maximum absolute atomic E-state index is 13.5. The monoisotopic (exact) mass is 414 g/mol. The molecule has 0 spiro atoms. The number of halogens is 1. The number of hydrogen-bond donors (Lipinski definition) is 2. The van der Waals surface area contributed by atoms with Gasteiger partial charge in [-0.1, -0.05) is 18.2 Å². The van der Waals surface area contributed by atoms with Gasteiger partial charge in [-0.05, 0) is 78.7 Å². The highest BCUT2D eigenvalue weighted by molar-refractivity contribution is 5.94. The number of rotatable bonds is 6. The highest BCUT2D eigenvalue weighted by Gasteiger charge is 2.14. The van der Waals surface area contributed by atoms with E-state index in [1.807, 2.05) is 55.5 Å². The van der Waals surface area contributed by atoms with Crippen LogP contribution in [0.25, 0.3) is 22.5 Å². The highest BCUT2D eigenvalue weighted by atomic mass is 19.1. The summed E-state index contributed by atoms with van der Waals surface area (Å²) in [5.74, 6) is 0.0850. The summed E-state index contributed by atoms with van der Waals surface area (Å²) in [6.07, 6.45) is 0. The van der Waals surface area contributed by atoms with E-state index in [0.29, 0.717) is 24.5 Å². The summed E-state index contributed by atoms with van der Waals surface area (Å²) in [5, 5.41) is 2.81. The molecule has 4 aromatic rings. The van der Waals surface area contributed by atoms with Crippen molar-refractivity contribution in [1.29, 1.82) is 0 Å². The molecule has 0 unspecified atom stereocenters. The molecule has 6 heteroatoms. The Balaban J connectivity index is 1.77. The first-order valence-corrected chi connectivity index (χ1v) is 10.1. The van der Waals surface area contributed by atoms with Crippen LogP contribution >= 0.6 is 0 Å². The van der Waals surface area contributed by atoms with Crippen LogP contribution in [-0.2, 0) is 6.54 Å². The summed E-state index contributed by atoms with van der Waals surface area (Å²) in [4.78, 5) is 16.5. The molecule has 156 valence electrons. The third-order valence-corrected chi connectivity index (χ3v) is 5.05. The number of nitrogens with zero attached hydrogens (tertiary/aromatic N) is 2. The Hall–Kier alpha value is -3.93. The van der Waals surface area contributed by atoms with E-state index < -0.39 is 0 Å². The smallest absolute Gasteiger partial charge is 0.251 e. The molecule has 1 amide bonds. The molecule has 3 N–H and O–H groups in total. The summed E-state index contributed by atoms with van der Waals surface area (Å²) in [6, 6.07) is 23.5. The van der Waals surface area contributed by atoms with Crippen molar-refractivity contribution in [3.05, 3.63) is 95.9 Å². The number of carbonyl (C=O) groups is 1. The Morgan fingerprint density at radius 1 is 0.935 bits per heavy atom. The second kappa shape index (κ2) is 8.83. The van der Waals surface area contributed by atoms with Crippen LogP contribution in [0.4, 0.5) is 10.2 Å². The molecule has 5 nitrogen and oxygen atoms in total. The first-order valence-electron chi connectivity index (χ1n) is 10.1. The molecule has 0 saturated heterocycles. The average molecular weight is 414 g/mol. The van der Waals surface area contributed by atoms with Gasteiger partial charge in [0.05, 0.1) is 12.2 Å². The predicted octanol–water partition coefficient (Wildman–Crippen LogP) is 4.74. The van der Waals surface area contributed by atoms with Crippen molar-refractivity contribution in [3.63, 3.8) is 0 Å². The second-order valence-corrected chi connectivity index (χ2v) is 7.19. The summed E-state index contributed by atoms with van der Waals surface area (Å²) in [7, 11) is 0. The number of nitrogens with two attached hydrogens (primary N) is 1. The van der Waals surface area contributed by atoms with Crippen LogP contribution in [0.15, 0.2) is 78.9 Å². The van der Waals surface area contributed by atoms with Crippen molar-refractivity contribution >= 4 is 11.7 Å². The minimum atomic E-state index is -0.277. The fourth-order valence-corrected chi connectivity index (χ4v) is 3.57. The second-order valence-electron chi connectivity index (χ2n) is 7.19. The molecule has 0 radical (unpaired) electrons. The van der Waals surface area contributed by atoms with E-state index in [-0.39, 0.29) is 11.7 Å². The van der Waals surface area contributed by atoms with E-state index in [1.54, 1.807) is 18.2 Å². The van der Waals surface area contributed by atoms with E-state index in [9.17, 15) is 9.18 Å². The lowest BCUT2D eigenvalue weighted by Gasteiger charge is -2.15. The molecular weight excluding hydrogens is 391 g/mol. The van der Waals surface area contributed by atoms with Crippen LogP contribution in [0.5, 0.6) is 0 Å². The molecule has 0 saturated carbocycles. The SMILES string of the molecule is CCNC(=O)c1ccc(-c2ccc(-c3ccc(F)cc3)n2Cc2cccc(N)n2)cc1. The van der Waals surface area contributed by atoms with Crippen molar-refractivity contribution in [1.82, 2.24) is 14.9 Å².